The largest absolute Gasteiger partial charge is 0.359 e. The highest BCUT2D eigenvalue weighted by molar-refractivity contribution is 7.86. The van der Waals surface area contributed by atoms with Gasteiger partial charge in [-0.25, -0.2) is 14.5 Å². The van der Waals surface area contributed by atoms with E-state index in [0.717, 1.165) is 0 Å². The molecule has 1 saturated heterocycles. The van der Waals surface area contributed by atoms with Crippen LogP contribution in [0.5, 0.6) is 0 Å². The van der Waals surface area contributed by atoms with E-state index >= 15 is 0 Å². The molecule has 1 aliphatic heterocycles. The number of thiazole rings is 1. The maximum absolute atomic E-state index is 13.6. The molecule has 1 aromatic carbocycles. The van der Waals surface area contributed by atoms with Crippen LogP contribution >= 0.6 is 11.3 Å². The van der Waals surface area contributed by atoms with Crippen molar-refractivity contribution >= 4 is 36.9 Å². The minimum Gasteiger partial charge on any atom is -0.359 e. The molecule has 0 atom stereocenters. The summed E-state index contributed by atoms with van der Waals surface area (Å²) < 4.78 is 37.9. The number of halogens is 1. The van der Waals surface area contributed by atoms with Crippen LogP contribution in [0.2, 0.25) is 0 Å². The van der Waals surface area contributed by atoms with Gasteiger partial charge >= 0.3 is 0 Å². The lowest BCUT2D eigenvalue weighted by Gasteiger charge is -2.30. The number of nitrogens with two attached hydrogens (primary N) is 1. The van der Waals surface area contributed by atoms with Gasteiger partial charge in [0, 0.05) is 19.1 Å². The molecule has 0 radical (unpaired) electrons. The number of hydrogen-bond donors (Lipinski definition) is 2. The molecular formula is C12H15FN4O2S2. The predicted molar refractivity (Wildman–Crippen MR) is 80.9 cm³/mol. The van der Waals surface area contributed by atoms with Crippen LogP contribution in [0, 0.1) is 5.82 Å². The van der Waals surface area contributed by atoms with Gasteiger partial charge < -0.3 is 5.32 Å². The fourth-order valence-electron chi connectivity index (χ4n) is 2.41. The number of rotatable bonds is 3. The topological polar surface area (TPSA) is 88.3 Å². The molecule has 0 unspecified atom stereocenters. The Morgan fingerprint density at radius 2 is 2.10 bits per heavy atom. The minimum atomic E-state index is -3.61. The van der Waals surface area contributed by atoms with Crippen molar-refractivity contribution in [1.29, 1.82) is 0 Å². The van der Waals surface area contributed by atoms with Crippen molar-refractivity contribution in [1.82, 2.24) is 9.29 Å². The SMILES string of the molecule is NS(=O)(=O)N1CCC(Nc2nc3cccc(F)c3s2)CC1. The third kappa shape index (κ3) is 3.15. The van der Waals surface area contributed by atoms with Gasteiger partial charge in [0.15, 0.2) is 5.13 Å². The number of aromatic nitrogens is 1. The molecule has 6 nitrogen and oxygen atoms in total. The third-order valence-electron chi connectivity index (χ3n) is 3.51. The van der Waals surface area contributed by atoms with Gasteiger partial charge in [-0.1, -0.05) is 17.4 Å². The second-order valence-corrected chi connectivity index (χ2v) is 7.52. The van der Waals surface area contributed by atoms with Gasteiger partial charge in [-0.05, 0) is 25.0 Å². The first-order valence-electron chi connectivity index (χ1n) is 6.53. The van der Waals surface area contributed by atoms with E-state index in [1.165, 1.54) is 21.7 Å². The first-order valence-corrected chi connectivity index (χ1v) is 8.85. The highest BCUT2D eigenvalue weighted by atomic mass is 32.2. The van der Waals surface area contributed by atoms with Crippen LogP contribution in [-0.2, 0) is 10.2 Å². The van der Waals surface area contributed by atoms with E-state index in [2.05, 4.69) is 10.3 Å². The summed E-state index contributed by atoms with van der Waals surface area (Å²) in [5.41, 5.74) is 0.629. The number of nitrogens with zero attached hydrogens (tertiary/aromatic N) is 2. The van der Waals surface area contributed by atoms with Gasteiger partial charge in [0.05, 0.1) is 10.2 Å². The normalized spacial score (nSPS) is 18.2. The molecule has 1 fully saturated rings. The van der Waals surface area contributed by atoms with Gasteiger partial charge in [-0.3, -0.25) is 0 Å². The summed E-state index contributed by atoms with van der Waals surface area (Å²) in [6, 6.07) is 4.93. The Balaban J connectivity index is 1.68. The highest BCUT2D eigenvalue weighted by Crippen LogP contribution is 2.29. The smallest absolute Gasteiger partial charge is 0.276 e. The predicted octanol–water partition coefficient (Wildman–Crippen LogP) is 1.52. The lowest BCUT2D eigenvalue weighted by molar-refractivity contribution is 0.330. The molecule has 2 heterocycles. The quantitative estimate of drug-likeness (QED) is 0.893. The molecule has 21 heavy (non-hydrogen) atoms. The van der Waals surface area contributed by atoms with Crippen molar-refractivity contribution in [3.8, 4) is 0 Å². The van der Waals surface area contributed by atoms with E-state index in [-0.39, 0.29) is 11.9 Å². The van der Waals surface area contributed by atoms with Gasteiger partial charge in [0.2, 0.25) is 0 Å². The lowest BCUT2D eigenvalue weighted by atomic mass is 10.1. The van der Waals surface area contributed by atoms with Crippen molar-refractivity contribution in [3.05, 3.63) is 24.0 Å². The van der Waals surface area contributed by atoms with Crippen LogP contribution in [0.1, 0.15) is 12.8 Å². The second-order valence-electron chi connectivity index (χ2n) is 4.97. The number of nitrogens with one attached hydrogen (secondary N) is 1. The number of fused-ring (bicyclic) bond motifs is 1. The zero-order valence-electron chi connectivity index (χ0n) is 11.1. The van der Waals surface area contributed by atoms with Crippen molar-refractivity contribution in [2.45, 2.75) is 18.9 Å². The molecule has 0 amide bonds. The molecule has 0 aliphatic carbocycles. The van der Waals surface area contributed by atoms with Crippen molar-refractivity contribution < 1.29 is 12.8 Å². The van der Waals surface area contributed by atoms with E-state index in [1.807, 2.05) is 0 Å². The monoisotopic (exact) mass is 330 g/mol. The highest BCUT2D eigenvalue weighted by Gasteiger charge is 2.25. The fourth-order valence-corrected chi connectivity index (χ4v) is 4.07. The summed E-state index contributed by atoms with van der Waals surface area (Å²) >= 11 is 1.27. The summed E-state index contributed by atoms with van der Waals surface area (Å²) in [4.78, 5) is 4.35. The van der Waals surface area contributed by atoms with Crippen LogP contribution in [0.25, 0.3) is 10.2 Å². The minimum absolute atomic E-state index is 0.117. The summed E-state index contributed by atoms with van der Waals surface area (Å²) in [5.74, 6) is -0.276. The molecule has 3 rings (SSSR count). The van der Waals surface area contributed by atoms with Gasteiger partial charge in [0.1, 0.15) is 5.82 Å². The van der Waals surface area contributed by atoms with Gasteiger partial charge in [-0.15, -0.1) is 0 Å². The average molecular weight is 330 g/mol. The molecule has 1 aliphatic rings. The third-order valence-corrected chi connectivity index (χ3v) is 5.60. The summed E-state index contributed by atoms with van der Waals surface area (Å²) in [6.45, 7) is 0.769. The summed E-state index contributed by atoms with van der Waals surface area (Å²) in [6.07, 6.45) is 1.30. The van der Waals surface area contributed by atoms with Crippen LogP contribution in [0.3, 0.4) is 0 Å². The Kier molecular flexibility index (Phi) is 3.82. The Hall–Kier alpha value is -1.29. The number of anilines is 1. The van der Waals surface area contributed by atoms with Crippen molar-refractivity contribution in [2.75, 3.05) is 18.4 Å². The first-order chi connectivity index (χ1) is 9.93. The van der Waals surface area contributed by atoms with Crippen LogP contribution in [-0.4, -0.2) is 36.8 Å². The maximum Gasteiger partial charge on any atom is 0.276 e. The summed E-state index contributed by atoms with van der Waals surface area (Å²) in [5, 5.41) is 9.01. The average Bonchev–Trinajstić information content (AvgIpc) is 2.82. The van der Waals surface area contributed by atoms with Crippen molar-refractivity contribution in [2.24, 2.45) is 5.14 Å². The van der Waals surface area contributed by atoms with E-state index in [1.54, 1.807) is 12.1 Å². The van der Waals surface area contributed by atoms with E-state index in [9.17, 15) is 12.8 Å². The molecule has 9 heteroatoms. The lowest BCUT2D eigenvalue weighted by Crippen LogP contribution is -2.45. The zero-order chi connectivity index (χ0) is 15.0. The van der Waals surface area contributed by atoms with Gasteiger partial charge in [-0.2, -0.15) is 12.7 Å². The van der Waals surface area contributed by atoms with Gasteiger partial charge in [0.25, 0.3) is 10.2 Å². The molecule has 1 aromatic heterocycles. The number of benzene rings is 1. The Morgan fingerprint density at radius 3 is 2.71 bits per heavy atom. The fraction of sp³-hybridized carbons (Fsp3) is 0.417. The van der Waals surface area contributed by atoms with Crippen LogP contribution < -0.4 is 10.5 Å². The molecule has 3 N–H and O–H groups in total. The van der Waals surface area contributed by atoms with Crippen LogP contribution in [0.15, 0.2) is 18.2 Å². The Morgan fingerprint density at radius 1 is 1.38 bits per heavy atom. The maximum atomic E-state index is 13.6. The number of piperidine rings is 1. The zero-order valence-corrected chi connectivity index (χ0v) is 12.8. The first kappa shape index (κ1) is 14.6. The standard InChI is InChI=1S/C12H15FN4O2S2/c13-9-2-1-3-10-11(9)20-12(16-10)15-8-4-6-17(7-5-8)21(14,18)19/h1-3,8H,4-7H2,(H,15,16)(H2,14,18,19). The molecule has 0 bridgehead atoms. The van der Waals surface area contributed by atoms with E-state index in [0.29, 0.717) is 41.3 Å². The Labute approximate surface area is 126 Å². The second kappa shape index (κ2) is 5.48. The van der Waals surface area contributed by atoms with E-state index in [4.69, 9.17) is 5.14 Å². The van der Waals surface area contributed by atoms with Crippen LogP contribution in [0.4, 0.5) is 9.52 Å². The summed E-state index contributed by atoms with van der Waals surface area (Å²) in [7, 11) is -3.61. The Bertz CT molecular complexity index is 754. The molecule has 114 valence electrons. The molecule has 0 saturated carbocycles. The van der Waals surface area contributed by atoms with Crippen molar-refractivity contribution in [3.63, 3.8) is 0 Å². The van der Waals surface area contributed by atoms with E-state index < -0.39 is 10.2 Å². The number of hydrogen-bond acceptors (Lipinski definition) is 5. The molecular weight excluding hydrogens is 315 g/mol. The molecule has 0 spiro atoms. The molecule has 2 aromatic rings.